The van der Waals surface area contributed by atoms with Crippen LogP contribution in [0.25, 0.3) is 0 Å². The number of hydrogen-bond donors (Lipinski definition) is 2. The molecule has 1 unspecified atom stereocenters. The first kappa shape index (κ1) is 15.4. The summed E-state index contributed by atoms with van der Waals surface area (Å²) in [7, 11) is 0. The highest BCUT2D eigenvalue weighted by Gasteiger charge is 2.15. The molecule has 106 valence electrons. The predicted molar refractivity (Wildman–Crippen MR) is 79.3 cm³/mol. The van der Waals surface area contributed by atoms with E-state index in [-0.39, 0.29) is 16.9 Å². The zero-order chi connectivity index (χ0) is 14.7. The molecule has 6 heteroatoms. The molecule has 3 N–H and O–H groups in total. The van der Waals surface area contributed by atoms with Crippen LogP contribution in [0.2, 0.25) is 5.02 Å². The van der Waals surface area contributed by atoms with Crippen LogP contribution in [0, 0.1) is 11.6 Å². The van der Waals surface area contributed by atoms with Crippen molar-refractivity contribution in [2.45, 2.75) is 12.5 Å². The van der Waals surface area contributed by atoms with Crippen molar-refractivity contribution in [1.82, 2.24) is 5.43 Å². The first-order chi connectivity index (χ1) is 9.52. The van der Waals surface area contributed by atoms with E-state index < -0.39 is 5.82 Å². The molecule has 0 radical (unpaired) electrons. The molecule has 1 atom stereocenters. The van der Waals surface area contributed by atoms with Gasteiger partial charge in [0.05, 0.1) is 15.5 Å². The van der Waals surface area contributed by atoms with Crippen LogP contribution in [-0.4, -0.2) is 0 Å². The van der Waals surface area contributed by atoms with Crippen LogP contribution >= 0.6 is 27.5 Å². The molecule has 2 aromatic carbocycles. The van der Waals surface area contributed by atoms with E-state index in [1.54, 1.807) is 18.2 Å². The summed E-state index contributed by atoms with van der Waals surface area (Å²) in [4.78, 5) is 0. The van der Waals surface area contributed by atoms with Crippen molar-refractivity contribution in [2.24, 2.45) is 5.84 Å². The summed E-state index contributed by atoms with van der Waals surface area (Å²) in [6, 6.07) is 8.88. The van der Waals surface area contributed by atoms with Gasteiger partial charge < -0.3 is 0 Å². The third-order valence-corrected chi connectivity index (χ3v) is 4.20. The van der Waals surface area contributed by atoms with Crippen LogP contribution in [0.3, 0.4) is 0 Å². The maximum atomic E-state index is 13.5. The lowest BCUT2D eigenvalue weighted by atomic mass is 9.99. The molecule has 0 aliphatic carbocycles. The van der Waals surface area contributed by atoms with Gasteiger partial charge in [0.15, 0.2) is 0 Å². The fraction of sp³-hybridized carbons (Fsp3) is 0.143. The first-order valence-electron chi connectivity index (χ1n) is 5.87. The molecule has 0 aliphatic rings. The zero-order valence-electron chi connectivity index (χ0n) is 10.3. The Balaban J connectivity index is 2.28. The van der Waals surface area contributed by atoms with Crippen molar-refractivity contribution in [1.29, 1.82) is 0 Å². The Morgan fingerprint density at radius 3 is 2.60 bits per heavy atom. The number of hydrogen-bond acceptors (Lipinski definition) is 2. The molecule has 0 aromatic heterocycles. The topological polar surface area (TPSA) is 38.0 Å². The van der Waals surface area contributed by atoms with E-state index in [4.69, 9.17) is 17.4 Å². The van der Waals surface area contributed by atoms with Crippen LogP contribution in [-0.2, 0) is 6.42 Å². The van der Waals surface area contributed by atoms with Gasteiger partial charge in [-0.05, 0) is 51.7 Å². The summed E-state index contributed by atoms with van der Waals surface area (Å²) in [5.41, 5.74) is 3.99. The van der Waals surface area contributed by atoms with E-state index in [1.165, 1.54) is 18.2 Å². The SMILES string of the molecule is NNC(Cc1cccc(F)c1Br)c1ccc(Cl)c(F)c1. The molecule has 2 aromatic rings. The number of halogens is 4. The molecule has 20 heavy (non-hydrogen) atoms. The van der Waals surface area contributed by atoms with E-state index in [1.807, 2.05) is 0 Å². The van der Waals surface area contributed by atoms with Crippen molar-refractivity contribution in [3.8, 4) is 0 Å². The van der Waals surface area contributed by atoms with Gasteiger partial charge in [-0.15, -0.1) is 0 Å². The van der Waals surface area contributed by atoms with Gasteiger partial charge in [0.2, 0.25) is 0 Å². The van der Waals surface area contributed by atoms with Gasteiger partial charge >= 0.3 is 0 Å². The Morgan fingerprint density at radius 2 is 1.95 bits per heavy atom. The van der Waals surface area contributed by atoms with E-state index in [0.29, 0.717) is 16.5 Å². The first-order valence-corrected chi connectivity index (χ1v) is 7.04. The Labute approximate surface area is 129 Å². The number of hydrazine groups is 1. The summed E-state index contributed by atoms with van der Waals surface area (Å²) < 4.78 is 27.3. The average molecular weight is 362 g/mol. The van der Waals surface area contributed by atoms with Crippen LogP contribution in [0.15, 0.2) is 40.9 Å². The second kappa shape index (κ2) is 6.63. The molecule has 2 rings (SSSR count). The van der Waals surface area contributed by atoms with Crippen molar-refractivity contribution in [3.63, 3.8) is 0 Å². The second-order valence-electron chi connectivity index (χ2n) is 4.31. The number of benzene rings is 2. The second-order valence-corrected chi connectivity index (χ2v) is 5.51. The molecular weight excluding hydrogens is 350 g/mol. The molecule has 0 bridgehead atoms. The van der Waals surface area contributed by atoms with Crippen molar-refractivity contribution >= 4 is 27.5 Å². The maximum absolute atomic E-state index is 13.5. The lowest BCUT2D eigenvalue weighted by molar-refractivity contribution is 0.540. The molecule has 0 saturated heterocycles. The molecule has 0 aliphatic heterocycles. The van der Waals surface area contributed by atoms with Gasteiger partial charge in [0, 0.05) is 0 Å². The third-order valence-electron chi connectivity index (χ3n) is 3.00. The summed E-state index contributed by atoms with van der Waals surface area (Å²) in [6.45, 7) is 0. The van der Waals surface area contributed by atoms with Crippen molar-refractivity contribution in [3.05, 3.63) is 68.7 Å². The molecule has 0 spiro atoms. The number of nitrogens with one attached hydrogen (secondary N) is 1. The average Bonchev–Trinajstić information content (AvgIpc) is 2.44. The minimum Gasteiger partial charge on any atom is -0.271 e. The van der Waals surface area contributed by atoms with Gasteiger partial charge in [-0.1, -0.05) is 29.8 Å². The standard InChI is InChI=1S/C14H12BrClF2N2/c15-14-9(2-1-3-11(14)17)7-13(20-19)8-4-5-10(16)12(18)6-8/h1-6,13,20H,7,19H2. The molecule has 0 heterocycles. The Morgan fingerprint density at radius 1 is 1.20 bits per heavy atom. The van der Waals surface area contributed by atoms with Gasteiger partial charge in [0.25, 0.3) is 0 Å². The van der Waals surface area contributed by atoms with E-state index in [2.05, 4.69) is 21.4 Å². The van der Waals surface area contributed by atoms with Crippen LogP contribution < -0.4 is 11.3 Å². The summed E-state index contributed by atoms with van der Waals surface area (Å²) >= 11 is 8.85. The van der Waals surface area contributed by atoms with Crippen molar-refractivity contribution < 1.29 is 8.78 Å². The quantitative estimate of drug-likeness (QED) is 0.635. The summed E-state index contributed by atoms with van der Waals surface area (Å²) in [6.07, 6.45) is 0.413. The van der Waals surface area contributed by atoms with Crippen LogP contribution in [0.4, 0.5) is 8.78 Å². The van der Waals surface area contributed by atoms with Gasteiger partial charge in [-0.25, -0.2) is 8.78 Å². The minimum absolute atomic E-state index is 0.0523. The smallest absolute Gasteiger partial charge is 0.142 e. The van der Waals surface area contributed by atoms with Gasteiger partial charge in [0.1, 0.15) is 11.6 Å². The molecular formula is C14H12BrClF2N2. The monoisotopic (exact) mass is 360 g/mol. The Kier molecular flexibility index (Phi) is 5.10. The third kappa shape index (κ3) is 3.35. The highest BCUT2D eigenvalue weighted by Crippen LogP contribution is 2.27. The van der Waals surface area contributed by atoms with E-state index in [0.717, 1.165) is 5.56 Å². The van der Waals surface area contributed by atoms with Crippen molar-refractivity contribution in [2.75, 3.05) is 0 Å². The zero-order valence-corrected chi connectivity index (χ0v) is 12.7. The highest BCUT2D eigenvalue weighted by molar-refractivity contribution is 9.10. The number of nitrogens with two attached hydrogens (primary N) is 1. The largest absolute Gasteiger partial charge is 0.271 e. The number of rotatable bonds is 4. The Hall–Kier alpha value is -1.01. The fourth-order valence-electron chi connectivity index (χ4n) is 1.93. The highest BCUT2D eigenvalue weighted by atomic mass is 79.9. The molecule has 0 amide bonds. The summed E-state index contributed by atoms with van der Waals surface area (Å²) in [5.74, 6) is 4.66. The van der Waals surface area contributed by atoms with Crippen LogP contribution in [0.5, 0.6) is 0 Å². The van der Waals surface area contributed by atoms with Gasteiger partial charge in [-0.3, -0.25) is 11.3 Å². The molecule has 0 fully saturated rings. The van der Waals surface area contributed by atoms with E-state index >= 15 is 0 Å². The predicted octanol–water partition coefficient (Wildman–Crippen LogP) is 4.13. The molecule has 2 nitrogen and oxygen atoms in total. The lowest BCUT2D eigenvalue weighted by Crippen LogP contribution is -2.29. The Bertz CT molecular complexity index is 622. The summed E-state index contributed by atoms with van der Waals surface area (Å²) in [5, 5.41) is 0.0523. The van der Waals surface area contributed by atoms with Gasteiger partial charge in [-0.2, -0.15) is 0 Å². The van der Waals surface area contributed by atoms with E-state index in [9.17, 15) is 8.78 Å². The normalized spacial score (nSPS) is 12.4. The molecule has 0 saturated carbocycles. The fourth-order valence-corrected chi connectivity index (χ4v) is 2.47. The van der Waals surface area contributed by atoms with Crippen LogP contribution in [0.1, 0.15) is 17.2 Å². The minimum atomic E-state index is -0.511. The lowest BCUT2D eigenvalue weighted by Gasteiger charge is -2.17. The maximum Gasteiger partial charge on any atom is 0.142 e.